The van der Waals surface area contributed by atoms with Crippen LogP contribution >= 0.6 is 11.6 Å². The summed E-state index contributed by atoms with van der Waals surface area (Å²) < 4.78 is 0. The highest BCUT2D eigenvalue weighted by Gasteiger charge is 2.00. The fourth-order valence-electron chi connectivity index (χ4n) is 0.484. The van der Waals surface area contributed by atoms with Gasteiger partial charge in [-0.1, -0.05) is 0 Å². The topological polar surface area (TPSA) is 23.5 Å². The van der Waals surface area contributed by atoms with Crippen LogP contribution in [-0.4, -0.2) is 42.6 Å². The van der Waals surface area contributed by atoms with Gasteiger partial charge in [-0.05, 0) is 20.5 Å². The second-order valence-electron chi connectivity index (χ2n) is 2.40. The molecule has 0 fully saturated rings. The second kappa shape index (κ2) is 5.03. The van der Waals surface area contributed by atoms with Crippen molar-refractivity contribution in [3.63, 3.8) is 0 Å². The average molecular weight is 152 g/mol. The van der Waals surface area contributed by atoms with Crippen molar-refractivity contribution >= 4 is 11.6 Å². The standard InChI is InChI=1S/C6H14ClNO/c1-8(2)4-3-6(9)5-7/h6,9H,3-5H2,1-2H3/t6-/m0/s1. The van der Waals surface area contributed by atoms with E-state index in [2.05, 4.69) is 0 Å². The van der Waals surface area contributed by atoms with Crippen molar-refractivity contribution in [3.8, 4) is 0 Å². The maximum atomic E-state index is 8.95. The lowest BCUT2D eigenvalue weighted by molar-refractivity contribution is 0.173. The van der Waals surface area contributed by atoms with Gasteiger partial charge < -0.3 is 10.0 Å². The molecule has 0 heterocycles. The molecule has 1 N–H and O–H groups in total. The van der Waals surface area contributed by atoms with E-state index in [1.807, 2.05) is 19.0 Å². The highest BCUT2D eigenvalue weighted by molar-refractivity contribution is 6.18. The Labute approximate surface area is 61.4 Å². The van der Waals surface area contributed by atoms with E-state index in [9.17, 15) is 0 Å². The molecule has 0 saturated heterocycles. The van der Waals surface area contributed by atoms with E-state index >= 15 is 0 Å². The first-order chi connectivity index (χ1) is 4.16. The maximum absolute atomic E-state index is 8.95. The zero-order chi connectivity index (χ0) is 7.28. The summed E-state index contributed by atoms with van der Waals surface area (Å²) >= 11 is 5.37. The van der Waals surface area contributed by atoms with Crippen LogP contribution < -0.4 is 0 Å². The van der Waals surface area contributed by atoms with Crippen molar-refractivity contribution in [2.24, 2.45) is 0 Å². The summed E-state index contributed by atoms with van der Waals surface area (Å²) in [5, 5.41) is 8.95. The molecule has 1 atom stereocenters. The number of halogens is 1. The van der Waals surface area contributed by atoms with Gasteiger partial charge in [0.1, 0.15) is 0 Å². The van der Waals surface area contributed by atoms with Crippen molar-refractivity contribution in [1.29, 1.82) is 0 Å². The van der Waals surface area contributed by atoms with Crippen molar-refractivity contribution in [2.75, 3.05) is 26.5 Å². The van der Waals surface area contributed by atoms with Crippen LogP contribution in [0.4, 0.5) is 0 Å². The number of aliphatic hydroxyl groups is 1. The SMILES string of the molecule is CN(C)CC[C@H](O)CCl. The smallest absolute Gasteiger partial charge is 0.0687 e. The summed E-state index contributed by atoms with van der Waals surface area (Å²) in [5.74, 6) is 0.341. The summed E-state index contributed by atoms with van der Waals surface area (Å²) in [6.07, 6.45) is 0.422. The van der Waals surface area contributed by atoms with Crippen molar-refractivity contribution in [1.82, 2.24) is 4.90 Å². The molecule has 0 aliphatic rings. The van der Waals surface area contributed by atoms with Gasteiger partial charge in [0.2, 0.25) is 0 Å². The van der Waals surface area contributed by atoms with Crippen LogP contribution in [0.25, 0.3) is 0 Å². The van der Waals surface area contributed by atoms with Gasteiger partial charge in [-0.3, -0.25) is 0 Å². The first-order valence-electron chi connectivity index (χ1n) is 3.05. The van der Waals surface area contributed by atoms with Crippen LogP contribution in [0.3, 0.4) is 0 Å². The third-order valence-electron chi connectivity index (χ3n) is 1.09. The number of aliphatic hydroxyl groups excluding tert-OH is 1. The highest BCUT2D eigenvalue weighted by atomic mass is 35.5. The summed E-state index contributed by atoms with van der Waals surface area (Å²) in [5.41, 5.74) is 0. The fraction of sp³-hybridized carbons (Fsp3) is 1.00. The van der Waals surface area contributed by atoms with Crippen LogP contribution in [-0.2, 0) is 0 Å². The Kier molecular flexibility index (Phi) is 5.15. The Morgan fingerprint density at radius 3 is 2.44 bits per heavy atom. The van der Waals surface area contributed by atoms with E-state index in [4.69, 9.17) is 16.7 Å². The van der Waals surface area contributed by atoms with E-state index in [-0.39, 0.29) is 6.10 Å². The molecule has 0 aliphatic carbocycles. The van der Waals surface area contributed by atoms with Gasteiger partial charge in [0.05, 0.1) is 6.10 Å². The third kappa shape index (κ3) is 6.09. The average Bonchev–Trinajstić information content (AvgIpc) is 1.83. The summed E-state index contributed by atoms with van der Waals surface area (Å²) in [6.45, 7) is 0.897. The first kappa shape index (κ1) is 9.21. The molecule has 0 radical (unpaired) electrons. The minimum atomic E-state index is -0.339. The summed E-state index contributed by atoms with van der Waals surface area (Å²) in [7, 11) is 3.95. The Balaban J connectivity index is 3.06. The fourth-order valence-corrected chi connectivity index (χ4v) is 0.639. The lowest BCUT2D eigenvalue weighted by Gasteiger charge is -2.11. The number of hydrogen-bond donors (Lipinski definition) is 1. The summed E-state index contributed by atoms with van der Waals surface area (Å²) in [4.78, 5) is 2.02. The Hall–Kier alpha value is 0.210. The number of hydrogen-bond acceptors (Lipinski definition) is 2. The molecular formula is C6H14ClNO. The molecule has 0 rings (SSSR count). The van der Waals surface area contributed by atoms with Gasteiger partial charge in [-0.15, -0.1) is 11.6 Å². The second-order valence-corrected chi connectivity index (χ2v) is 2.71. The predicted molar refractivity (Wildman–Crippen MR) is 39.9 cm³/mol. The van der Waals surface area contributed by atoms with E-state index in [0.29, 0.717) is 5.88 Å². The largest absolute Gasteiger partial charge is 0.392 e. The lowest BCUT2D eigenvalue weighted by Crippen LogP contribution is -2.20. The molecule has 0 spiro atoms. The first-order valence-corrected chi connectivity index (χ1v) is 3.59. The van der Waals surface area contributed by atoms with Gasteiger partial charge in [-0.2, -0.15) is 0 Å². The molecule has 56 valence electrons. The number of nitrogens with zero attached hydrogens (tertiary/aromatic N) is 1. The molecule has 3 heteroatoms. The van der Waals surface area contributed by atoms with Crippen molar-refractivity contribution in [2.45, 2.75) is 12.5 Å². The van der Waals surface area contributed by atoms with Crippen molar-refractivity contribution in [3.05, 3.63) is 0 Å². The molecule has 0 aromatic heterocycles. The molecule has 0 aromatic carbocycles. The predicted octanol–water partition coefficient (Wildman–Crippen LogP) is 0.538. The van der Waals surface area contributed by atoms with E-state index in [0.717, 1.165) is 13.0 Å². The molecule has 0 saturated carbocycles. The molecule has 0 amide bonds. The van der Waals surface area contributed by atoms with E-state index in [1.54, 1.807) is 0 Å². The quantitative estimate of drug-likeness (QED) is 0.593. The van der Waals surface area contributed by atoms with E-state index in [1.165, 1.54) is 0 Å². The number of rotatable bonds is 4. The highest BCUT2D eigenvalue weighted by Crippen LogP contribution is 1.94. The Morgan fingerprint density at radius 2 is 2.11 bits per heavy atom. The van der Waals surface area contributed by atoms with Gasteiger partial charge in [0.25, 0.3) is 0 Å². The van der Waals surface area contributed by atoms with Gasteiger partial charge in [0, 0.05) is 12.4 Å². The molecule has 0 bridgehead atoms. The molecule has 0 aliphatic heterocycles. The zero-order valence-corrected chi connectivity index (χ0v) is 6.73. The van der Waals surface area contributed by atoms with Crippen LogP contribution in [0.5, 0.6) is 0 Å². The molecule has 2 nitrogen and oxygen atoms in total. The van der Waals surface area contributed by atoms with Crippen LogP contribution in [0.1, 0.15) is 6.42 Å². The lowest BCUT2D eigenvalue weighted by atomic mass is 10.3. The molecule has 0 aromatic rings. The molecule has 0 unspecified atom stereocenters. The maximum Gasteiger partial charge on any atom is 0.0687 e. The van der Waals surface area contributed by atoms with Gasteiger partial charge >= 0.3 is 0 Å². The van der Waals surface area contributed by atoms with Crippen LogP contribution in [0, 0.1) is 0 Å². The zero-order valence-electron chi connectivity index (χ0n) is 5.97. The Morgan fingerprint density at radius 1 is 1.56 bits per heavy atom. The van der Waals surface area contributed by atoms with E-state index < -0.39 is 0 Å². The van der Waals surface area contributed by atoms with Crippen molar-refractivity contribution < 1.29 is 5.11 Å². The van der Waals surface area contributed by atoms with Crippen LogP contribution in [0.15, 0.2) is 0 Å². The number of alkyl halides is 1. The minimum absolute atomic E-state index is 0.339. The monoisotopic (exact) mass is 151 g/mol. The molecule has 9 heavy (non-hydrogen) atoms. The molecular weight excluding hydrogens is 138 g/mol. The minimum Gasteiger partial charge on any atom is -0.392 e. The Bertz CT molecular complexity index is 68.1. The summed E-state index contributed by atoms with van der Waals surface area (Å²) in [6, 6.07) is 0. The van der Waals surface area contributed by atoms with Gasteiger partial charge in [-0.25, -0.2) is 0 Å². The third-order valence-corrected chi connectivity index (χ3v) is 1.44. The van der Waals surface area contributed by atoms with Crippen LogP contribution in [0.2, 0.25) is 0 Å². The normalized spacial score (nSPS) is 14.3. The van der Waals surface area contributed by atoms with Gasteiger partial charge in [0.15, 0.2) is 0 Å².